The fourth-order valence-electron chi connectivity index (χ4n) is 5.60. The van der Waals surface area contributed by atoms with Crippen LogP contribution in [-0.2, 0) is 17.6 Å². The third-order valence-electron chi connectivity index (χ3n) is 7.24. The van der Waals surface area contributed by atoms with E-state index in [1.165, 1.54) is 24.3 Å². The average molecular weight is 516 g/mol. The smallest absolute Gasteiger partial charge is 0.422 e. The highest BCUT2D eigenvalue weighted by Crippen LogP contribution is 2.80. The molecule has 3 aliphatic rings. The van der Waals surface area contributed by atoms with E-state index in [0.717, 1.165) is 23.1 Å². The molecule has 2 bridgehead atoms. The monoisotopic (exact) mass is 516 g/mol. The third kappa shape index (κ3) is 3.71. The Balaban J connectivity index is 1.39. The maximum atomic E-state index is 16.1. The molecule has 3 aliphatic carbocycles. The lowest BCUT2D eigenvalue weighted by Gasteiger charge is -2.74. The summed E-state index contributed by atoms with van der Waals surface area (Å²) in [5, 5.41) is 21.6. The van der Waals surface area contributed by atoms with Gasteiger partial charge in [-0.05, 0) is 64.9 Å². The summed E-state index contributed by atoms with van der Waals surface area (Å²) >= 11 is 0. The fraction of sp³-hybridized carbons (Fsp3) is 0.435. The number of rotatable bonds is 8. The molecule has 3 fully saturated rings. The first kappa shape index (κ1) is 24.5. The van der Waals surface area contributed by atoms with Crippen molar-refractivity contribution in [2.24, 2.45) is 5.41 Å². The van der Waals surface area contributed by atoms with Crippen molar-refractivity contribution in [1.82, 2.24) is 20.2 Å². The molecule has 3 aromatic rings. The quantitative estimate of drug-likeness (QED) is 0.446. The number of halogens is 7. The molecule has 0 aliphatic heterocycles. The van der Waals surface area contributed by atoms with Gasteiger partial charge in [0.15, 0.2) is 12.2 Å². The van der Waals surface area contributed by atoms with Crippen LogP contribution in [0, 0.1) is 17.0 Å². The van der Waals surface area contributed by atoms with Gasteiger partial charge in [-0.1, -0.05) is 12.1 Å². The number of tetrazole rings is 1. The first-order valence-electron chi connectivity index (χ1n) is 10.9. The van der Waals surface area contributed by atoms with E-state index in [9.17, 15) is 27.1 Å². The Morgan fingerprint density at radius 3 is 2.19 bits per heavy atom. The number of aliphatic hydroxyl groups is 1. The molecule has 0 radical (unpaired) electrons. The lowest BCUT2D eigenvalue weighted by Crippen LogP contribution is -2.76. The molecule has 3 saturated carbocycles. The van der Waals surface area contributed by atoms with E-state index in [4.69, 9.17) is 0 Å². The first-order chi connectivity index (χ1) is 16.8. The summed E-state index contributed by atoms with van der Waals surface area (Å²) < 4.78 is 103. The molecule has 36 heavy (non-hydrogen) atoms. The number of nitrogens with zero attached hydrogens (tertiary/aromatic N) is 4. The van der Waals surface area contributed by atoms with E-state index >= 15 is 8.78 Å². The topological polar surface area (TPSA) is 73.1 Å². The van der Waals surface area contributed by atoms with Crippen molar-refractivity contribution in [3.05, 3.63) is 71.6 Å². The van der Waals surface area contributed by atoms with Crippen LogP contribution in [0.5, 0.6) is 5.75 Å². The molecular formula is C23H19F7N4O2. The largest absolute Gasteiger partial charge is 0.484 e. The third-order valence-corrected chi connectivity index (χ3v) is 7.24. The molecule has 1 atom stereocenters. The van der Waals surface area contributed by atoms with Crippen molar-refractivity contribution in [1.29, 1.82) is 0 Å². The highest BCUT2D eigenvalue weighted by atomic mass is 19.4. The summed E-state index contributed by atoms with van der Waals surface area (Å²) in [6.45, 7) is -2.33. The van der Waals surface area contributed by atoms with Crippen LogP contribution in [0.3, 0.4) is 0 Å². The molecule has 6 nitrogen and oxygen atoms in total. The van der Waals surface area contributed by atoms with Gasteiger partial charge < -0.3 is 9.84 Å². The van der Waals surface area contributed by atoms with Crippen LogP contribution in [0.4, 0.5) is 30.7 Å². The van der Waals surface area contributed by atoms with Gasteiger partial charge in [-0.2, -0.15) is 13.2 Å². The zero-order valence-corrected chi connectivity index (χ0v) is 18.4. The Morgan fingerprint density at radius 1 is 0.972 bits per heavy atom. The van der Waals surface area contributed by atoms with Gasteiger partial charge in [0.2, 0.25) is 0 Å². The molecule has 0 amide bonds. The number of benzene rings is 2. The number of aromatic nitrogens is 4. The normalized spacial score (nSPS) is 25.0. The Hall–Kier alpha value is -3.22. The zero-order valence-electron chi connectivity index (χ0n) is 18.4. The van der Waals surface area contributed by atoms with Gasteiger partial charge in [0.05, 0.1) is 6.54 Å². The number of hydrogen-bond donors (Lipinski definition) is 1. The van der Waals surface area contributed by atoms with Crippen molar-refractivity contribution >= 4 is 0 Å². The van der Waals surface area contributed by atoms with Crippen molar-refractivity contribution in [2.75, 3.05) is 6.61 Å². The summed E-state index contributed by atoms with van der Waals surface area (Å²) in [4.78, 5) is 0. The van der Waals surface area contributed by atoms with Gasteiger partial charge in [0.1, 0.15) is 23.7 Å². The van der Waals surface area contributed by atoms with Crippen molar-refractivity contribution in [2.45, 2.75) is 48.9 Å². The van der Waals surface area contributed by atoms with Crippen LogP contribution in [0.25, 0.3) is 0 Å². The van der Waals surface area contributed by atoms with Gasteiger partial charge in [0.25, 0.3) is 5.92 Å². The maximum Gasteiger partial charge on any atom is 0.422 e. The van der Waals surface area contributed by atoms with Crippen molar-refractivity contribution in [3.8, 4) is 5.75 Å². The number of alkyl halides is 5. The van der Waals surface area contributed by atoms with Crippen LogP contribution >= 0.6 is 0 Å². The Kier molecular flexibility index (Phi) is 5.36. The van der Waals surface area contributed by atoms with Crippen molar-refractivity contribution in [3.63, 3.8) is 0 Å². The lowest BCUT2D eigenvalue weighted by atomic mass is 9.30. The zero-order chi connectivity index (χ0) is 26.0. The maximum absolute atomic E-state index is 16.1. The summed E-state index contributed by atoms with van der Waals surface area (Å²) in [6, 6.07) is 7.72. The summed E-state index contributed by atoms with van der Waals surface area (Å²) in [6.07, 6.45) is -3.63. The minimum absolute atomic E-state index is 0.00897. The van der Waals surface area contributed by atoms with Gasteiger partial charge in [-0.3, -0.25) is 0 Å². The van der Waals surface area contributed by atoms with Gasteiger partial charge in [-0.25, -0.2) is 22.2 Å². The fourth-order valence-corrected chi connectivity index (χ4v) is 5.60. The predicted molar refractivity (Wildman–Crippen MR) is 109 cm³/mol. The highest BCUT2D eigenvalue weighted by molar-refractivity contribution is 5.44. The van der Waals surface area contributed by atoms with E-state index in [1.807, 2.05) is 0 Å². The van der Waals surface area contributed by atoms with E-state index in [0.29, 0.717) is 11.6 Å². The van der Waals surface area contributed by atoms with E-state index in [-0.39, 0.29) is 25.0 Å². The molecule has 0 saturated heterocycles. The molecule has 0 spiro atoms. The second kappa shape index (κ2) is 7.89. The second-order valence-corrected chi connectivity index (χ2v) is 9.59. The summed E-state index contributed by atoms with van der Waals surface area (Å²) in [7, 11) is 0. The van der Waals surface area contributed by atoms with Gasteiger partial charge in [0, 0.05) is 17.0 Å². The minimum atomic E-state index is -4.49. The Bertz CT molecular complexity index is 1240. The van der Waals surface area contributed by atoms with Crippen LogP contribution in [-0.4, -0.2) is 44.0 Å². The molecule has 6 rings (SSSR count). The average Bonchev–Trinajstić information content (AvgIpc) is 3.23. The second-order valence-electron chi connectivity index (χ2n) is 9.59. The molecule has 13 heteroatoms. The standard InChI is InChI=1S/C23H19F7N4O2/c24-15-3-6-17(18(25)7-15)21(35,11-34-13-31-32-33-34)23(29,30)20-8-19(9-20,10-20)14-1-4-16(5-2-14)36-12-22(26,27)28/h1-7,13,35H,8-12H2/t19?,20?,21-/m0/s1. The molecule has 192 valence electrons. The summed E-state index contributed by atoms with van der Waals surface area (Å²) in [5.74, 6) is -6.20. The molecular weight excluding hydrogens is 497 g/mol. The minimum Gasteiger partial charge on any atom is -0.484 e. The molecule has 1 aromatic heterocycles. The Morgan fingerprint density at radius 2 is 1.64 bits per heavy atom. The van der Waals surface area contributed by atoms with E-state index in [1.54, 1.807) is 0 Å². The van der Waals surface area contributed by atoms with E-state index in [2.05, 4.69) is 20.3 Å². The molecule has 0 unspecified atom stereocenters. The van der Waals surface area contributed by atoms with E-state index < -0.39 is 58.9 Å². The summed E-state index contributed by atoms with van der Waals surface area (Å²) in [5.41, 5.74) is -5.56. The van der Waals surface area contributed by atoms with Crippen LogP contribution in [0.15, 0.2) is 48.8 Å². The lowest BCUT2D eigenvalue weighted by molar-refractivity contribution is -0.347. The van der Waals surface area contributed by atoms with Crippen LogP contribution in [0.2, 0.25) is 0 Å². The first-order valence-corrected chi connectivity index (χ1v) is 10.9. The van der Waals surface area contributed by atoms with Crippen LogP contribution in [0.1, 0.15) is 30.4 Å². The molecule has 1 heterocycles. The SMILES string of the molecule is O[C@@](Cn1cnnn1)(c1ccc(F)cc1F)C(F)(F)C12CC(c3ccc(OCC(F)(F)F)cc3)(C1)C2. The number of ether oxygens (including phenoxy) is 1. The van der Waals surface area contributed by atoms with Crippen molar-refractivity contribution < 1.29 is 40.6 Å². The highest BCUT2D eigenvalue weighted by Gasteiger charge is 2.82. The predicted octanol–water partition coefficient (Wildman–Crippen LogP) is 4.54. The van der Waals surface area contributed by atoms with Gasteiger partial charge in [-0.15, -0.1) is 5.10 Å². The van der Waals surface area contributed by atoms with Crippen LogP contribution < -0.4 is 4.74 Å². The Labute approximate surface area is 199 Å². The van der Waals surface area contributed by atoms with Gasteiger partial charge >= 0.3 is 6.18 Å². The molecule has 1 N–H and O–H groups in total. The molecule has 2 aromatic carbocycles. The number of hydrogen-bond acceptors (Lipinski definition) is 5.